The first-order valence-electron chi connectivity index (χ1n) is 7.83. The third-order valence-electron chi connectivity index (χ3n) is 4.24. The van der Waals surface area contributed by atoms with Crippen molar-refractivity contribution in [3.05, 3.63) is 11.6 Å². The molecule has 1 aliphatic carbocycles. The highest BCUT2D eigenvalue weighted by atomic mass is 16.5. The molecule has 112 valence electrons. The molecule has 0 saturated carbocycles. The number of carbonyl (C=O) groups excluding carboxylic acids is 2. The quantitative estimate of drug-likeness (QED) is 0.574. The predicted molar refractivity (Wildman–Crippen MR) is 77.1 cm³/mol. The van der Waals surface area contributed by atoms with Gasteiger partial charge >= 0.3 is 5.97 Å². The highest BCUT2D eigenvalue weighted by molar-refractivity contribution is 5.77. The van der Waals surface area contributed by atoms with Crippen molar-refractivity contribution in [2.45, 2.75) is 51.9 Å². The van der Waals surface area contributed by atoms with Crippen LogP contribution in [0.5, 0.6) is 0 Å². The van der Waals surface area contributed by atoms with Crippen molar-refractivity contribution in [3.63, 3.8) is 0 Å². The van der Waals surface area contributed by atoms with Gasteiger partial charge in [-0.05, 0) is 44.9 Å². The minimum absolute atomic E-state index is 0.180. The summed E-state index contributed by atoms with van der Waals surface area (Å²) in [5, 5.41) is 0. The fraction of sp³-hybridized carbons (Fsp3) is 0.750. The number of nitrogens with zero attached hydrogens (tertiary/aromatic N) is 1. The van der Waals surface area contributed by atoms with Crippen molar-refractivity contribution >= 4 is 11.9 Å². The van der Waals surface area contributed by atoms with Crippen molar-refractivity contribution in [3.8, 4) is 0 Å². The number of fused-ring (bicyclic) bond motifs is 1. The van der Waals surface area contributed by atoms with Crippen molar-refractivity contribution in [1.82, 2.24) is 4.90 Å². The second-order valence-corrected chi connectivity index (χ2v) is 5.67. The molecule has 2 rings (SSSR count). The smallest absolute Gasteiger partial charge is 0.305 e. The van der Waals surface area contributed by atoms with Crippen LogP contribution in [0.1, 0.15) is 51.9 Å². The second-order valence-electron chi connectivity index (χ2n) is 5.67. The van der Waals surface area contributed by atoms with Crippen molar-refractivity contribution in [2.75, 3.05) is 19.7 Å². The summed E-state index contributed by atoms with van der Waals surface area (Å²) in [5.41, 5.74) is 1.46. The van der Waals surface area contributed by atoms with Gasteiger partial charge in [0.15, 0.2) is 0 Å². The number of amides is 1. The summed E-state index contributed by atoms with van der Waals surface area (Å²) in [4.78, 5) is 25.3. The Morgan fingerprint density at radius 2 is 2.20 bits per heavy atom. The minimum atomic E-state index is -0.200. The van der Waals surface area contributed by atoms with Gasteiger partial charge in [-0.1, -0.05) is 11.6 Å². The molecule has 2 aliphatic rings. The Hall–Kier alpha value is -1.32. The summed E-state index contributed by atoms with van der Waals surface area (Å²) < 4.78 is 4.87. The van der Waals surface area contributed by atoms with E-state index < -0.39 is 0 Å². The molecule has 4 heteroatoms. The SMILES string of the molecule is CCOC(=O)CCCC(=O)N1CCC2CCCC=C2C1. The van der Waals surface area contributed by atoms with Gasteiger partial charge in [-0.2, -0.15) is 0 Å². The molecule has 0 aromatic heterocycles. The van der Waals surface area contributed by atoms with E-state index in [1.165, 1.54) is 18.4 Å². The maximum atomic E-state index is 12.2. The molecule has 1 unspecified atom stereocenters. The number of hydrogen-bond donors (Lipinski definition) is 0. The summed E-state index contributed by atoms with van der Waals surface area (Å²) in [6.07, 6.45) is 8.57. The van der Waals surface area contributed by atoms with E-state index in [1.54, 1.807) is 6.92 Å². The maximum absolute atomic E-state index is 12.2. The molecule has 1 aliphatic heterocycles. The lowest BCUT2D eigenvalue weighted by atomic mass is 9.82. The summed E-state index contributed by atoms with van der Waals surface area (Å²) >= 11 is 0. The van der Waals surface area contributed by atoms with Crippen LogP contribution in [0.15, 0.2) is 11.6 Å². The summed E-state index contributed by atoms with van der Waals surface area (Å²) in [6, 6.07) is 0. The van der Waals surface area contributed by atoms with Gasteiger partial charge in [0, 0.05) is 25.9 Å². The summed E-state index contributed by atoms with van der Waals surface area (Å²) in [7, 11) is 0. The van der Waals surface area contributed by atoms with Crippen LogP contribution in [-0.4, -0.2) is 36.5 Å². The van der Waals surface area contributed by atoms with Gasteiger partial charge in [-0.15, -0.1) is 0 Å². The zero-order chi connectivity index (χ0) is 14.4. The zero-order valence-electron chi connectivity index (χ0n) is 12.4. The lowest BCUT2D eigenvalue weighted by Crippen LogP contribution is -2.40. The third kappa shape index (κ3) is 4.09. The first-order valence-corrected chi connectivity index (χ1v) is 7.83. The van der Waals surface area contributed by atoms with Gasteiger partial charge < -0.3 is 9.64 Å². The average molecular weight is 279 g/mol. The van der Waals surface area contributed by atoms with Crippen LogP contribution in [0.25, 0.3) is 0 Å². The third-order valence-corrected chi connectivity index (χ3v) is 4.24. The van der Waals surface area contributed by atoms with E-state index in [9.17, 15) is 9.59 Å². The van der Waals surface area contributed by atoms with E-state index in [0.717, 1.165) is 25.9 Å². The van der Waals surface area contributed by atoms with Gasteiger partial charge in [0.25, 0.3) is 0 Å². The Kier molecular flexibility index (Phi) is 5.62. The van der Waals surface area contributed by atoms with Crippen molar-refractivity contribution in [2.24, 2.45) is 5.92 Å². The Labute approximate surface area is 121 Å². The van der Waals surface area contributed by atoms with Gasteiger partial charge in [0.05, 0.1) is 6.61 Å². The van der Waals surface area contributed by atoms with Gasteiger partial charge in [0.1, 0.15) is 0 Å². The fourth-order valence-corrected chi connectivity index (χ4v) is 3.13. The maximum Gasteiger partial charge on any atom is 0.305 e. The molecule has 1 amide bonds. The molecular weight excluding hydrogens is 254 g/mol. The standard InChI is InChI=1S/C16H25NO3/c1-2-20-16(19)9-5-8-15(18)17-11-10-13-6-3-4-7-14(13)12-17/h7,13H,2-6,8-12H2,1H3. The largest absolute Gasteiger partial charge is 0.466 e. The molecule has 0 aromatic rings. The molecule has 1 fully saturated rings. The summed E-state index contributed by atoms with van der Waals surface area (Å²) in [5.74, 6) is 0.695. The molecule has 1 saturated heterocycles. The monoisotopic (exact) mass is 279 g/mol. The Balaban J connectivity index is 1.73. The molecule has 0 aromatic carbocycles. The van der Waals surface area contributed by atoms with Gasteiger partial charge in [-0.3, -0.25) is 9.59 Å². The normalized spacial score (nSPS) is 21.9. The van der Waals surface area contributed by atoms with Crippen LogP contribution in [0, 0.1) is 5.92 Å². The van der Waals surface area contributed by atoms with Gasteiger partial charge in [-0.25, -0.2) is 0 Å². The van der Waals surface area contributed by atoms with Crippen LogP contribution in [0.3, 0.4) is 0 Å². The zero-order valence-corrected chi connectivity index (χ0v) is 12.4. The first kappa shape index (κ1) is 15.1. The summed E-state index contributed by atoms with van der Waals surface area (Å²) in [6.45, 7) is 3.89. The second kappa shape index (κ2) is 7.46. The highest BCUT2D eigenvalue weighted by Crippen LogP contribution is 2.32. The fourth-order valence-electron chi connectivity index (χ4n) is 3.13. The molecular formula is C16H25NO3. The number of rotatable bonds is 5. The number of allylic oxidation sites excluding steroid dienone is 1. The molecule has 0 N–H and O–H groups in total. The van der Waals surface area contributed by atoms with Crippen LogP contribution >= 0.6 is 0 Å². The van der Waals surface area contributed by atoms with Crippen LogP contribution in [0.4, 0.5) is 0 Å². The lowest BCUT2D eigenvalue weighted by Gasteiger charge is -2.36. The van der Waals surface area contributed by atoms with Crippen LogP contribution < -0.4 is 0 Å². The predicted octanol–water partition coefficient (Wildman–Crippen LogP) is 2.68. The number of piperidine rings is 1. The van der Waals surface area contributed by atoms with Crippen LogP contribution in [0.2, 0.25) is 0 Å². The molecule has 20 heavy (non-hydrogen) atoms. The van der Waals surface area contributed by atoms with E-state index in [0.29, 0.717) is 31.8 Å². The van der Waals surface area contributed by atoms with E-state index in [4.69, 9.17) is 4.74 Å². The molecule has 1 atom stereocenters. The lowest BCUT2D eigenvalue weighted by molar-refractivity contribution is -0.143. The van der Waals surface area contributed by atoms with Gasteiger partial charge in [0.2, 0.25) is 5.91 Å². The Morgan fingerprint density at radius 1 is 1.35 bits per heavy atom. The average Bonchev–Trinajstić information content (AvgIpc) is 2.47. The molecule has 4 nitrogen and oxygen atoms in total. The topological polar surface area (TPSA) is 46.6 Å². The Morgan fingerprint density at radius 3 is 3.00 bits per heavy atom. The van der Waals surface area contributed by atoms with Crippen molar-refractivity contribution in [1.29, 1.82) is 0 Å². The van der Waals surface area contributed by atoms with E-state index in [2.05, 4.69) is 6.08 Å². The van der Waals surface area contributed by atoms with Crippen molar-refractivity contribution < 1.29 is 14.3 Å². The number of esters is 1. The molecule has 0 spiro atoms. The molecule has 0 bridgehead atoms. The van der Waals surface area contributed by atoms with Crippen LogP contribution in [-0.2, 0) is 14.3 Å². The number of likely N-dealkylation sites (tertiary alicyclic amines) is 1. The van der Waals surface area contributed by atoms with E-state index >= 15 is 0 Å². The molecule has 1 heterocycles. The first-order chi connectivity index (χ1) is 9.70. The number of ether oxygens (including phenoxy) is 1. The number of carbonyl (C=O) groups is 2. The Bertz CT molecular complexity index is 389. The number of hydrogen-bond acceptors (Lipinski definition) is 3. The molecule has 0 radical (unpaired) electrons. The van der Waals surface area contributed by atoms with E-state index in [-0.39, 0.29) is 11.9 Å². The minimum Gasteiger partial charge on any atom is -0.466 e. The van der Waals surface area contributed by atoms with E-state index in [1.807, 2.05) is 4.90 Å². The highest BCUT2D eigenvalue weighted by Gasteiger charge is 2.27.